The molecule has 0 heterocycles. The van der Waals surface area contributed by atoms with Crippen LogP contribution in [-0.2, 0) is 13.0 Å². The Bertz CT molecular complexity index is 1070. The molecule has 0 radical (unpaired) electrons. The van der Waals surface area contributed by atoms with Gasteiger partial charge in [-0.2, -0.15) is 0 Å². The molecule has 0 saturated carbocycles. The lowest BCUT2D eigenvalue weighted by molar-refractivity contribution is 0.0907. The smallest absolute Gasteiger partial charge is 0.252 e. The normalized spacial score (nSPS) is 11.9. The fraction of sp³-hybridized carbons (Fsp3) is 0.321. The highest BCUT2D eigenvalue weighted by molar-refractivity contribution is 5.95. The number of amides is 1. The zero-order valence-electron chi connectivity index (χ0n) is 20.1. The lowest BCUT2D eigenvalue weighted by Crippen LogP contribution is -2.35. The number of aliphatic hydroxyl groups excluding tert-OH is 1. The number of aryl methyl sites for hydroxylation is 1. The molecule has 0 aliphatic carbocycles. The highest BCUT2D eigenvalue weighted by Gasteiger charge is 2.14. The molecule has 4 N–H and O–H groups in total. The lowest BCUT2D eigenvalue weighted by Gasteiger charge is -2.25. The first-order valence-electron chi connectivity index (χ1n) is 11.8. The van der Waals surface area contributed by atoms with Crippen LogP contribution in [0.2, 0.25) is 0 Å². The topological polar surface area (TPSA) is 105 Å². The number of rotatable bonds is 14. The van der Waals surface area contributed by atoms with Gasteiger partial charge in [0, 0.05) is 19.6 Å². The number of methoxy groups -OCH3 is 1. The van der Waals surface area contributed by atoms with Crippen LogP contribution in [-0.4, -0.2) is 53.9 Å². The van der Waals surface area contributed by atoms with E-state index in [1.165, 1.54) is 12.1 Å². The van der Waals surface area contributed by atoms with Gasteiger partial charge in [-0.05, 0) is 54.7 Å². The van der Waals surface area contributed by atoms with Gasteiger partial charge in [-0.15, -0.1) is 0 Å². The van der Waals surface area contributed by atoms with Gasteiger partial charge >= 0.3 is 0 Å². The molecule has 0 aromatic heterocycles. The van der Waals surface area contributed by atoms with Gasteiger partial charge in [0.15, 0.2) is 0 Å². The second-order valence-electron chi connectivity index (χ2n) is 8.47. The Morgan fingerprint density at radius 2 is 1.80 bits per heavy atom. The maximum atomic E-state index is 11.5. The van der Waals surface area contributed by atoms with Gasteiger partial charge in [-0.1, -0.05) is 48.5 Å². The third kappa shape index (κ3) is 8.31. The minimum atomic E-state index is -0.713. The zero-order valence-corrected chi connectivity index (χ0v) is 20.1. The molecule has 0 spiro atoms. The number of benzene rings is 3. The second-order valence-corrected chi connectivity index (χ2v) is 8.47. The van der Waals surface area contributed by atoms with E-state index in [1.54, 1.807) is 13.2 Å². The van der Waals surface area contributed by atoms with E-state index in [9.17, 15) is 15.0 Å². The molecule has 0 aliphatic heterocycles. The van der Waals surface area contributed by atoms with Crippen LogP contribution in [0.4, 0.5) is 0 Å². The maximum absolute atomic E-state index is 11.5. The summed E-state index contributed by atoms with van der Waals surface area (Å²) in [6.45, 7) is 2.11. The van der Waals surface area contributed by atoms with Gasteiger partial charge in [-0.3, -0.25) is 9.69 Å². The van der Waals surface area contributed by atoms with Crippen molar-refractivity contribution in [1.82, 2.24) is 4.90 Å². The number of ether oxygens (including phenoxy) is 2. The van der Waals surface area contributed by atoms with Crippen LogP contribution in [0.5, 0.6) is 17.2 Å². The molecule has 186 valence electrons. The Hall–Kier alpha value is -3.55. The number of para-hydroxylation sites is 1. The van der Waals surface area contributed by atoms with Crippen molar-refractivity contribution < 1.29 is 24.5 Å². The van der Waals surface area contributed by atoms with Gasteiger partial charge < -0.3 is 25.4 Å². The Kier molecular flexibility index (Phi) is 9.95. The summed E-state index contributed by atoms with van der Waals surface area (Å²) in [7, 11) is 1.67. The summed E-state index contributed by atoms with van der Waals surface area (Å²) in [5, 5.41) is 20.5. The van der Waals surface area contributed by atoms with Crippen molar-refractivity contribution >= 4 is 5.91 Å². The van der Waals surface area contributed by atoms with E-state index in [2.05, 4.69) is 23.1 Å². The number of aromatic hydroxyl groups is 1. The molecule has 1 unspecified atom stereocenters. The van der Waals surface area contributed by atoms with E-state index in [1.807, 2.05) is 36.4 Å². The molecule has 1 amide bonds. The third-order valence-electron chi connectivity index (χ3n) is 5.80. The fourth-order valence-electron chi connectivity index (χ4n) is 4.00. The van der Waals surface area contributed by atoms with Crippen molar-refractivity contribution in [3.8, 4) is 17.2 Å². The van der Waals surface area contributed by atoms with Crippen LogP contribution in [0.1, 0.15) is 34.3 Å². The van der Waals surface area contributed by atoms with Crippen LogP contribution in [0, 0.1) is 0 Å². The second kappa shape index (κ2) is 13.4. The summed E-state index contributed by atoms with van der Waals surface area (Å²) in [6.07, 6.45) is 1.87. The minimum Gasteiger partial charge on any atom is -0.507 e. The van der Waals surface area contributed by atoms with Gasteiger partial charge in [0.25, 0.3) is 5.91 Å². The molecule has 0 aliphatic rings. The van der Waals surface area contributed by atoms with Gasteiger partial charge in [-0.25, -0.2) is 0 Å². The van der Waals surface area contributed by atoms with Crippen molar-refractivity contribution in [2.75, 3.05) is 26.8 Å². The average molecular weight is 479 g/mol. The number of hydrogen-bond donors (Lipinski definition) is 3. The van der Waals surface area contributed by atoms with E-state index in [4.69, 9.17) is 15.2 Å². The van der Waals surface area contributed by atoms with Crippen molar-refractivity contribution in [2.24, 2.45) is 5.73 Å². The molecule has 7 heteroatoms. The summed E-state index contributed by atoms with van der Waals surface area (Å²) in [6, 6.07) is 22.5. The first-order valence-corrected chi connectivity index (χ1v) is 11.8. The number of hydrogen-bond acceptors (Lipinski definition) is 6. The number of primary amides is 1. The Balaban J connectivity index is 1.55. The monoisotopic (exact) mass is 478 g/mol. The summed E-state index contributed by atoms with van der Waals surface area (Å²) in [5.41, 5.74) is 7.61. The molecule has 1 atom stereocenters. The lowest BCUT2D eigenvalue weighted by atomic mass is 10.0. The van der Waals surface area contributed by atoms with Crippen LogP contribution in [0.15, 0.2) is 72.8 Å². The van der Waals surface area contributed by atoms with E-state index in [-0.39, 0.29) is 11.3 Å². The number of phenols is 1. The van der Waals surface area contributed by atoms with Crippen LogP contribution in [0.3, 0.4) is 0 Å². The number of carbonyl (C=O) groups excluding carboxylic acids is 1. The summed E-state index contributed by atoms with van der Waals surface area (Å²) < 4.78 is 11.2. The molecular formula is C28H34N2O5. The number of nitrogens with two attached hydrogens (primary N) is 1. The highest BCUT2D eigenvalue weighted by atomic mass is 16.5. The summed E-state index contributed by atoms with van der Waals surface area (Å²) >= 11 is 0. The van der Waals surface area contributed by atoms with Crippen molar-refractivity contribution in [3.05, 3.63) is 89.5 Å². The molecule has 0 saturated heterocycles. The number of carbonyl (C=O) groups is 1. The Morgan fingerprint density at radius 3 is 2.54 bits per heavy atom. The number of aliphatic hydroxyl groups is 1. The summed E-state index contributed by atoms with van der Waals surface area (Å²) in [4.78, 5) is 13.6. The molecule has 0 bridgehead atoms. The van der Waals surface area contributed by atoms with E-state index in [0.29, 0.717) is 38.4 Å². The van der Waals surface area contributed by atoms with Gasteiger partial charge in [0.1, 0.15) is 23.9 Å². The molecule has 35 heavy (non-hydrogen) atoms. The van der Waals surface area contributed by atoms with Gasteiger partial charge in [0.05, 0.1) is 18.8 Å². The van der Waals surface area contributed by atoms with Crippen molar-refractivity contribution in [1.29, 1.82) is 0 Å². The van der Waals surface area contributed by atoms with Gasteiger partial charge in [0.2, 0.25) is 0 Å². The Morgan fingerprint density at radius 1 is 1.06 bits per heavy atom. The number of nitrogens with zero attached hydrogens (tertiary/aromatic N) is 1. The first kappa shape index (κ1) is 26.1. The molecule has 3 rings (SSSR count). The zero-order chi connectivity index (χ0) is 25.0. The van der Waals surface area contributed by atoms with E-state index >= 15 is 0 Å². The predicted molar refractivity (Wildman–Crippen MR) is 136 cm³/mol. The van der Waals surface area contributed by atoms with Crippen LogP contribution in [0.25, 0.3) is 0 Å². The first-order chi connectivity index (χ1) is 17.0. The minimum absolute atomic E-state index is 0.0223. The maximum Gasteiger partial charge on any atom is 0.252 e. The van der Waals surface area contributed by atoms with Crippen LogP contribution >= 0.6 is 0 Å². The van der Waals surface area contributed by atoms with Crippen molar-refractivity contribution in [2.45, 2.75) is 31.9 Å². The molecule has 7 nitrogen and oxygen atoms in total. The summed E-state index contributed by atoms with van der Waals surface area (Å²) in [5.74, 6) is 0.439. The molecule has 0 fully saturated rings. The van der Waals surface area contributed by atoms with Crippen molar-refractivity contribution in [3.63, 3.8) is 0 Å². The predicted octanol–water partition coefficient (Wildman–Crippen LogP) is 3.76. The standard InChI is InChI=1S/C28H34N2O5/c1-34-27-13-6-5-10-22(27)11-7-12-23(31)20-30(19-21-8-3-2-4-9-21)16-17-35-24-14-15-26(32)25(18-24)28(29)33/h2-6,8-10,13-15,18,23,31-32H,7,11-12,16-17,19-20H2,1H3,(H2,29,33). The molecule has 3 aromatic rings. The van der Waals surface area contributed by atoms with E-state index < -0.39 is 12.0 Å². The third-order valence-corrected chi connectivity index (χ3v) is 5.80. The largest absolute Gasteiger partial charge is 0.507 e. The highest BCUT2D eigenvalue weighted by Crippen LogP contribution is 2.23. The molecular weight excluding hydrogens is 444 g/mol. The molecule has 3 aromatic carbocycles. The quantitative estimate of drug-likeness (QED) is 0.326. The average Bonchev–Trinajstić information content (AvgIpc) is 2.85. The van der Waals surface area contributed by atoms with E-state index in [0.717, 1.165) is 29.7 Å². The SMILES string of the molecule is COc1ccccc1CCCC(O)CN(CCOc1ccc(O)c(C(N)=O)c1)Cc1ccccc1. The fourth-order valence-corrected chi connectivity index (χ4v) is 4.00. The Labute approximate surface area is 206 Å². The van der Waals surface area contributed by atoms with Crippen LogP contribution < -0.4 is 15.2 Å².